The molecule has 0 aromatic carbocycles. The van der Waals surface area contributed by atoms with Gasteiger partial charge in [-0.05, 0) is 19.8 Å². The van der Waals surface area contributed by atoms with Gasteiger partial charge in [0.1, 0.15) is 5.02 Å². The van der Waals surface area contributed by atoms with Crippen molar-refractivity contribution in [3.8, 4) is 5.95 Å². The number of carbonyl (C=O) groups is 1. The van der Waals surface area contributed by atoms with E-state index in [-0.39, 0.29) is 12.5 Å². The van der Waals surface area contributed by atoms with Gasteiger partial charge in [-0.15, -0.1) is 0 Å². The van der Waals surface area contributed by atoms with Gasteiger partial charge in [0, 0.05) is 25.9 Å². The lowest BCUT2D eigenvalue weighted by Gasteiger charge is -2.11. The number of halogens is 1. The predicted octanol–water partition coefficient (Wildman–Crippen LogP) is 2.09. The van der Waals surface area contributed by atoms with E-state index in [4.69, 9.17) is 16.3 Å². The first-order valence-electron chi connectivity index (χ1n) is 9.74. The summed E-state index contributed by atoms with van der Waals surface area (Å²) in [6.07, 6.45) is 8.61. The van der Waals surface area contributed by atoms with Crippen LogP contribution in [-0.4, -0.2) is 47.9 Å². The predicted molar refractivity (Wildman–Crippen MR) is 111 cm³/mol. The number of hydrogen-bond donors (Lipinski definition) is 2. The standard InChI is InChI=1S/C19H23ClN8O2/c1-3-30-10-16-14(18(29)22-7-13-6-21-11-27(13)2)8-24-28(16)19-23-9-15(20)17(26-19)25-12-4-5-12/h6,8-9,11-12H,3-5,7,10H2,1-2H3,(H,22,29)(H,23,25,26). The number of hydrogen-bond acceptors (Lipinski definition) is 7. The fraction of sp³-hybridized carbons (Fsp3) is 0.421. The van der Waals surface area contributed by atoms with E-state index in [1.54, 1.807) is 12.5 Å². The van der Waals surface area contributed by atoms with E-state index >= 15 is 0 Å². The lowest BCUT2D eigenvalue weighted by molar-refractivity contribution is 0.0938. The van der Waals surface area contributed by atoms with Gasteiger partial charge in [-0.25, -0.2) is 9.97 Å². The molecule has 3 aromatic heterocycles. The van der Waals surface area contributed by atoms with Crippen molar-refractivity contribution in [2.75, 3.05) is 11.9 Å². The summed E-state index contributed by atoms with van der Waals surface area (Å²) in [4.78, 5) is 25.7. The van der Waals surface area contributed by atoms with Crippen molar-refractivity contribution in [3.63, 3.8) is 0 Å². The Balaban J connectivity index is 1.60. The van der Waals surface area contributed by atoms with Crippen LogP contribution in [0.25, 0.3) is 5.95 Å². The number of nitrogens with zero attached hydrogens (tertiary/aromatic N) is 6. The van der Waals surface area contributed by atoms with E-state index in [0.717, 1.165) is 18.5 Å². The summed E-state index contributed by atoms with van der Waals surface area (Å²) >= 11 is 6.22. The zero-order valence-electron chi connectivity index (χ0n) is 16.8. The van der Waals surface area contributed by atoms with Crippen molar-refractivity contribution in [2.45, 2.75) is 39.0 Å². The third-order valence-corrected chi connectivity index (χ3v) is 5.02. The Kier molecular flexibility index (Phi) is 5.96. The Morgan fingerprint density at radius 2 is 2.17 bits per heavy atom. The van der Waals surface area contributed by atoms with Gasteiger partial charge < -0.3 is 19.9 Å². The number of rotatable bonds is 9. The SMILES string of the molecule is CCOCc1c(C(=O)NCc2cncn2C)cnn1-c1ncc(Cl)c(NC2CC2)n1. The maximum absolute atomic E-state index is 12.8. The highest BCUT2D eigenvalue weighted by molar-refractivity contribution is 6.32. The Hall–Kier alpha value is -2.98. The van der Waals surface area contributed by atoms with Crippen LogP contribution in [-0.2, 0) is 24.9 Å². The largest absolute Gasteiger partial charge is 0.375 e. The van der Waals surface area contributed by atoms with Gasteiger partial charge in [0.05, 0.1) is 48.8 Å². The summed E-state index contributed by atoms with van der Waals surface area (Å²) in [5.41, 5.74) is 1.86. The first kappa shape index (κ1) is 20.3. The normalized spacial score (nSPS) is 13.4. The monoisotopic (exact) mass is 430 g/mol. The fourth-order valence-electron chi connectivity index (χ4n) is 2.88. The van der Waals surface area contributed by atoms with Gasteiger partial charge in [0.15, 0.2) is 5.82 Å². The van der Waals surface area contributed by atoms with Crippen molar-refractivity contribution in [3.05, 3.63) is 46.9 Å². The smallest absolute Gasteiger partial charge is 0.255 e. The van der Waals surface area contributed by atoms with E-state index in [2.05, 4.69) is 30.7 Å². The zero-order valence-corrected chi connectivity index (χ0v) is 17.6. The molecule has 1 aliphatic carbocycles. The average molecular weight is 431 g/mol. The fourth-order valence-corrected chi connectivity index (χ4v) is 3.02. The van der Waals surface area contributed by atoms with Crippen molar-refractivity contribution in [2.24, 2.45) is 7.05 Å². The molecule has 3 heterocycles. The minimum Gasteiger partial charge on any atom is -0.375 e. The molecule has 10 nitrogen and oxygen atoms in total. The number of aryl methyl sites for hydroxylation is 1. The third-order valence-electron chi connectivity index (χ3n) is 4.74. The molecule has 1 fully saturated rings. The summed E-state index contributed by atoms with van der Waals surface area (Å²) in [6, 6.07) is 0.388. The molecule has 30 heavy (non-hydrogen) atoms. The third kappa shape index (κ3) is 4.44. The first-order chi connectivity index (χ1) is 14.6. The molecular formula is C19H23ClN8O2. The molecule has 0 saturated heterocycles. The second-order valence-electron chi connectivity index (χ2n) is 7.02. The summed E-state index contributed by atoms with van der Waals surface area (Å²) in [6.45, 7) is 2.93. The molecule has 2 N–H and O–H groups in total. The Labute approximate surface area is 178 Å². The van der Waals surface area contributed by atoms with Gasteiger partial charge in [0.2, 0.25) is 0 Å². The number of amides is 1. The topological polar surface area (TPSA) is 112 Å². The highest BCUT2D eigenvalue weighted by atomic mass is 35.5. The van der Waals surface area contributed by atoms with Crippen LogP contribution in [0.3, 0.4) is 0 Å². The summed E-state index contributed by atoms with van der Waals surface area (Å²) in [5.74, 6) is 0.620. The van der Waals surface area contributed by atoms with Gasteiger partial charge in [-0.1, -0.05) is 11.6 Å². The molecule has 0 aliphatic heterocycles. The van der Waals surface area contributed by atoms with Gasteiger partial charge >= 0.3 is 0 Å². The van der Waals surface area contributed by atoms with Crippen LogP contribution in [0.2, 0.25) is 5.02 Å². The van der Waals surface area contributed by atoms with Crippen molar-refractivity contribution < 1.29 is 9.53 Å². The molecular weight excluding hydrogens is 408 g/mol. The van der Waals surface area contributed by atoms with Crippen LogP contribution in [0.1, 0.15) is 41.5 Å². The lowest BCUT2D eigenvalue weighted by atomic mass is 10.2. The van der Waals surface area contributed by atoms with Crippen molar-refractivity contribution >= 4 is 23.3 Å². The summed E-state index contributed by atoms with van der Waals surface area (Å²) < 4.78 is 8.94. The van der Waals surface area contributed by atoms with Crippen LogP contribution in [0.15, 0.2) is 24.9 Å². The Morgan fingerprint density at radius 1 is 1.33 bits per heavy atom. The van der Waals surface area contributed by atoms with E-state index in [0.29, 0.717) is 47.2 Å². The minimum absolute atomic E-state index is 0.197. The van der Waals surface area contributed by atoms with Crippen LogP contribution in [0.5, 0.6) is 0 Å². The van der Waals surface area contributed by atoms with Crippen LogP contribution >= 0.6 is 11.6 Å². The molecule has 0 bridgehead atoms. The Bertz CT molecular complexity index is 1040. The van der Waals surface area contributed by atoms with Gasteiger partial charge in [-0.3, -0.25) is 4.79 Å². The Morgan fingerprint density at radius 3 is 2.87 bits per heavy atom. The zero-order chi connectivity index (χ0) is 21.1. The van der Waals surface area contributed by atoms with Crippen LogP contribution in [0, 0.1) is 0 Å². The number of aromatic nitrogens is 6. The van der Waals surface area contributed by atoms with Crippen LogP contribution < -0.4 is 10.6 Å². The maximum atomic E-state index is 12.8. The summed E-state index contributed by atoms with van der Waals surface area (Å²) in [7, 11) is 1.87. The lowest BCUT2D eigenvalue weighted by Crippen LogP contribution is -2.25. The molecule has 0 unspecified atom stereocenters. The van der Waals surface area contributed by atoms with Gasteiger partial charge in [0.25, 0.3) is 11.9 Å². The second kappa shape index (κ2) is 8.80. The second-order valence-corrected chi connectivity index (χ2v) is 7.42. The molecule has 1 saturated carbocycles. The molecule has 158 valence electrons. The highest BCUT2D eigenvalue weighted by Crippen LogP contribution is 2.28. The number of imidazole rings is 1. The molecule has 3 aromatic rings. The van der Waals surface area contributed by atoms with E-state index < -0.39 is 0 Å². The van der Waals surface area contributed by atoms with E-state index in [1.807, 2.05) is 18.5 Å². The van der Waals surface area contributed by atoms with Gasteiger partial charge in [-0.2, -0.15) is 14.8 Å². The molecule has 1 aliphatic rings. The summed E-state index contributed by atoms with van der Waals surface area (Å²) in [5, 5.41) is 11.0. The van der Waals surface area contributed by atoms with E-state index in [1.165, 1.54) is 17.1 Å². The number of nitrogens with one attached hydrogen (secondary N) is 2. The first-order valence-corrected chi connectivity index (χ1v) is 10.1. The molecule has 4 rings (SSSR count). The average Bonchev–Trinajstić information content (AvgIpc) is 3.30. The van der Waals surface area contributed by atoms with Crippen LogP contribution in [0.4, 0.5) is 5.82 Å². The number of ether oxygens (including phenoxy) is 1. The quantitative estimate of drug-likeness (QED) is 0.534. The minimum atomic E-state index is -0.262. The number of carbonyl (C=O) groups excluding carboxylic acids is 1. The molecule has 1 amide bonds. The molecule has 0 atom stereocenters. The van der Waals surface area contributed by atoms with Crippen molar-refractivity contribution in [1.29, 1.82) is 0 Å². The molecule has 0 radical (unpaired) electrons. The maximum Gasteiger partial charge on any atom is 0.255 e. The number of anilines is 1. The van der Waals surface area contributed by atoms with Crippen molar-refractivity contribution in [1.82, 2.24) is 34.6 Å². The highest BCUT2D eigenvalue weighted by Gasteiger charge is 2.24. The molecule has 0 spiro atoms. The molecule has 11 heteroatoms. The van der Waals surface area contributed by atoms with E-state index in [9.17, 15) is 4.79 Å².